The molecule has 1 atom stereocenters. The number of nitrogens with zero attached hydrogens (tertiary/aromatic N) is 2. The fourth-order valence-corrected chi connectivity index (χ4v) is 4.18. The number of hydrogen-bond acceptors (Lipinski definition) is 5. The molecule has 2 N–H and O–H groups in total. The molecule has 1 heterocycles. The number of carbonyl (C=O) groups excluding carboxylic acids is 2. The lowest BCUT2D eigenvalue weighted by Crippen LogP contribution is -2.32. The number of amides is 1. The lowest BCUT2D eigenvalue weighted by molar-refractivity contribution is -0.141. The van der Waals surface area contributed by atoms with Crippen LogP contribution in [0.4, 0.5) is 18.0 Å². The van der Waals surface area contributed by atoms with E-state index in [9.17, 15) is 27.9 Å². The first-order valence-corrected chi connectivity index (χ1v) is 12.9. The van der Waals surface area contributed by atoms with Gasteiger partial charge in [0.1, 0.15) is 17.4 Å². The van der Waals surface area contributed by atoms with E-state index < -0.39 is 35.5 Å². The molecule has 1 aromatic heterocycles. The van der Waals surface area contributed by atoms with Gasteiger partial charge in [0.15, 0.2) is 11.5 Å². The molecule has 0 aliphatic carbocycles. The summed E-state index contributed by atoms with van der Waals surface area (Å²) in [4.78, 5) is 25.4. The van der Waals surface area contributed by atoms with Crippen molar-refractivity contribution in [2.45, 2.75) is 51.6 Å². The quantitative estimate of drug-likeness (QED) is 0.241. The number of ketones is 1. The van der Waals surface area contributed by atoms with Crippen LogP contribution in [0.15, 0.2) is 84.9 Å². The summed E-state index contributed by atoms with van der Waals surface area (Å²) in [5, 5.41) is 17.1. The number of halogens is 3. The number of aliphatic hydroxyl groups excluding tert-OH is 1. The number of aliphatic hydroxyl groups is 1. The zero-order valence-electron chi connectivity index (χ0n) is 22.8. The van der Waals surface area contributed by atoms with Crippen molar-refractivity contribution in [2.75, 3.05) is 0 Å². The second kappa shape index (κ2) is 12.0. The number of Topliss-reactive ketones (excluding diaryl/α,β-unsaturated/α-hetero) is 1. The Hall–Kier alpha value is -4.44. The van der Waals surface area contributed by atoms with E-state index in [-0.39, 0.29) is 24.3 Å². The highest BCUT2D eigenvalue weighted by Gasteiger charge is 2.36. The number of rotatable bonds is 8. The Morgan fingerprint density at radius 3 is 2.24 bits per heavy atom. The molecule has 0 bridgehead atoms. The van der Waals surface area contributed by atoms with Gasteiger partial charge in [0.05, 0.1) is 5.69 Å². The largest absolute Gasteiger partial charge is 0.444 e. The fraction of sp³-hybridized carbons (Fsp3) is 0.258. The standard InChI is InChI=1S/C31H30F3N3O4/c1-30(2,3)41-29(40)35-19-21-10-8-14-24(16-21)37-25(18-27(36-37)31(32,33)34)26(38)17-20-9-7-13-23(15-20)28(39)22-11-5-4-6-12-22/h4-16,18,28,39H,17,19H2,1-3H3,(H,35,40). The van der Waals surface area contributed by atoms with Gasteiger partial charge >= 0.3 is 12.3 Å². The number of benzene rings is 3. The molecule has 10 heteroatoms. The highest BCUT2D eigenvalue weighted by Crippen LogP contribution is 2.30. The maximum Gasteiger partial charge on any atom is 0.435 e. The second-order valence-electron chi connectivity index (χ2n) is 10.5. The Kier molecular flexibility index (Phi) is 8.63. The van der Waals surface area contributed by atoms with Crippen LogP contribution in [0.5, 0.6) is 0 Å². The minimum atomic E-state index is -4.77. The van der Waals surface area contributed by atoms with Crippen LogP contribution >= 0.6 is 0 Å². The highest BCUT2D eigenvalue weighted by molar-refractivity contribution is 5.96. The number of alkyl halides is 3. The van der Waals surface area contributed by atoms with Crippen LogP contribution in [0.3, 0.4) is 0 Å². The van der Waals surface area contributed by atoms with Crippen LogP contribution in [-0.2, 0) is 23.9 Å². The molecule has 1 amide bonds. The summed E-state index contributed by atoms with van der Waals surface area (Å²) < 4.78 is 47.1. The van der Waals surface area contributed by atoms with E-state index in [1.807, 2.05) is 6.07 Å². The fourth-order valence-electron chi connectivity index (χ4n) is 4.18. The molecule has 0 aliphatic rings. The van der Waals surface area contributed by atoms with Gasteiger partial charge in [-0.05, 0) is 55.2 Å². The lowest BCUT2D eigenvalue weighted by atomic mass is 9.97. The van der Waals surface area contributed by atoms with Crippen LogP contribution in [0, 0.1) is 0 Å². The SMILES string of the molecule is CC(C)(C)OC(=O)NCc1cccc(-n2nc(C(F)(F)F)cc2C(=O)Cc2cccc(C(O)c3ccccc3)c2)c1. The molecule has 0 spiro atoms. The molecule has 0 aliphatic heterocycles. The van der Waals surface area contributed by atoms with Crippen LogP contribution < -0.4 is 5.32 Å². The van der Waals surface area contributed by atoms with Crippen molar-refractivity contribution < 1.29 is 32.6 Å². The molecular formula is C31H30F3N3O4. The third-order valence-corrected chi connectivity index (χ3v) is 6.02. The van der Waals surface area contributed by atoms with E-state index in [2.05, 4.69) is 10.4 Å². The molecule has 214 valence electrons. The number of aromatic nitrogens is 2. The Labute approximate surface area is 235 Å². The zero-order valence-corrected chi connectivity index (χ0v) is 22.8. The Morgan fingerprint density at radius 1 is 0.902 bits per heavy atom. The van der Waals surface area contributed by atoms with Gasteiger partial charge < -0.3 is 15.2 Å². The summed E-state index contributed by atoms with van der Waals surface area (Å²) in [6.45, 7) is 5.23. The molecule has 4 rings (SSSR count). The first kappa shape index (κ1) is 29.5. The summed E-state index contributed by atoms with van der Waals surface area (Å²) in [6, 6.07) is 22.8. The van der Waals surface area contributed by atoms with Gasteiger partial charge in [0, 0.05) is 19.0 Å². The zero-order chi connectivity index (χ0) is 29.8. The summed E-state index contributed by atoms with van der Waals surface area (Å²) >= 11 is 0. The van der Waals surface area contributed by atoms with Crippen LogP contribution in [0.2, 0.25) is 0 Å². The molecule has 0 saturated carbocycles. The Balaban J connectivity index is 1.59. The van der Waals surface area contributed by atoms with E-state index in [1.165, 1.54) is 12.1 Å². The summed E-state index contributed by atoms with van der Waals surface area (Å²) in [7, 11) is 0. The van der Waals surface area contributed by atoms with Crippen molar-refractivity contribution in [1.82, 2.24) is 15.1 Å². The maximum atomic E-state index is 13.6. The maximum absolute atomic E-state index is 13.6. The van der Waals surface area contributed by atoms with E-state index in [0.717, 1.165) is 10.7 Å². The predicted molar refractivity (Wildman–Crippen MR) is 147 cm³/mol. The molecular weight excluding hydrogens is 535 g/mol. The first-order valence-electron chi connectivity index (χ1n) is 12.9. The average molecular weight is 566 g/mol. The van der Waals surface area contributed by atoms with Crippen molar-refractivity contribution in [3.8, 4) is 5.69 Å². The molecule has 1 unspecified atom stereocenters. The van der Waals surface area contributed by atoms with Gasteiger partial charge in [-0.15, -0.1) is 0 Å². The lowest BCUT2D eigenvalue weighted by Gasteiger charge is -2.19. The second-order valence-corrected chi connectivity index (χ2v) is 10.5. The van der Waals surface area contributed by atoms with Crippen LogP contribution in [0.25, 0.3) is 5.69 Å². The van der Waals surface area contributed by atoms with Crippen molar-refractivity contribution in [2.24, 2.45) is 0 Å². The van der Waals surface area contributed by atoms with Gasteiger partial charge in [0.2, 0.25) is 0 Å². The predicted octanol–water partition coefficient (Wildman–Crippen LogP) is 6.42. The number of ether oxygens (including phenoxy) is 1. The highest BCUT2D eigenvalue weighted by atomic mass is 19.4. The number of alkyl carbamates (subject to hydrolysis) is 1. The van der Waals surface area contributed by atoms with E-state index >= 15 is 0 Å². The third-order valence-electron chi connectivity index (χ3n) is 6.02. The number of carbonyl (C=O) groups is 2. The smallest absolute Gasteiger partial charge is 0.435 e. The Bertz CT molecular complexity index is 1530. The van der Waals surface area contributed by atoms with Crippen LogP contribution in [-0.4, -0.2) is 32.4 Å². The molecule has 4 aromatic rings. The summed E-state index contributed by atoms with van der Waals surface area (Å²) in [5.41, 5.74) is 0.401. The third kappa shape index (κ3) is 7.82. The number of hydrogen-bond donors (Lipinski definition) is 2. The van der Waals surface area contributed by atoms with Gasteiger partial charge in [0.25, 0.3) is 0 Å². The molecule has 3 aromatic carbocycles. The van der Waals surface area contributed by atoms with Crippen LogP contribution in [0.1, 0.15) is 65.3 Å². The molecule has 0 saturated heterocycles. The normalized spacial score (nSPS) is 12.6. The first-order chi connectivity index (χ1) is 19.3. The average Bonchev–Trinajstić information content (AvgIpc) is 3.38. The molecule has 0 fully saturated rings. The van der Waals surface area contributed by atoms with Crippen molar-refractivity contribution in [3.63, 3.8) is 0 Å². The van der Waals surface area contributed by atoms with Crippen molar-refractivity contribution >= 4 is 11.9 Å². The van der Waals surface area contributed by atoms with Gasteiger partial charge in [-0.3, -0.25) is 4.79 Å². The van der Waals surface area contributed by atoms with Crippen molar-refractivity contribution in [3.05, 3.63) is 119 Å². The Morgan fingerprint density at radius 2 is 1.56 bits per heavy atom. The molecule has 7 nitrogen and oxygen atoms in total. The van der Waals surface area contributed by atoms with E-state index in [0.29, 0.717) is 22.3 Å². The summed E-state index contributed by atoms with van der Waals surface area (Å²) in [6.07, 6.45) is -6.55. The molecule has 0 radical (unpaired) electrons. The van der Waals surface area contributed by atoms with Gasteiger partial charge in [-0.2, -0.15) is 18.3 Å². The minimum Gasteiger partial charge on any atom is -0.444 e. The topological polar surface area (TPSA) is 93.5 Å². The number of nitrogens with one attached hydrogen (secondary N) is 1. The van der Waals surface area contributed by atoms with Crippen molar-refractivity contribution in [1.29, 1.82) is 0 Å². The monoisotopic (exact) mass is 565 g/mol. The van der Waals surface area contributed by atoms with E-state index in [1.54, 1.807) is 81.4 Å². The minimum absolute atomic E-state index is 0.0516. The summed E-state index contributed by atoms with van der Waals surface area (Å²) in [5.74, 6) is -0.586. The van der Waals surface area contributed by atoms with E-state index in [4.69, 9.17) is 4.74 Å². The van der Waals surface area contributed by atoms with Gasteiger partial charge in [-0.1, -0.05) is 66.7 Å². The van der Waals surface area contributed by atoms with Gasteiger partial charge in [-0.25, -0.2) is 9.48 Å². The molecule has 41 heavy (non-hydrogen) atoms.